The Labute approximate surface area is 153 Å². The van der Waals surface area contributed by atoms with Gasteiger partial charge in [0.05, 0.1) is 11.0 Å². The molecule has 0 aliphatic heterocycles. The zero-order valence-electron chi connectivity index (χ0n) is 13.7. The van der Waals surface area contributed by atoms with Crippen molar-refractivity contribution in [1.29, 1.82) is 0 Å². The van der Waals surface area contributed by atoms with Crippen molar-refractivity contribution in [3.8, 4) is 0 Å². The maximum absolute atomic E-state index is 11.9. The van der Waals surface area contributed by atoms with Gasteiger partial charge in [0, 0.05) is 29.3 Å². The second-order valence-corrected chi connectivity index (χ2v) is 7.27. The largest absolute Gasteiger partial charge is 0.423 e. The molecule has 2 aromatic carbocycles. The van der Waals surface area contributed by atoms with Crippen molar-refractivity contribution in [2.45, 2.75) is 17.8 Å². The van der Waals surface area contributed by atoms with E-state index in [1.807, 2.05) is 50.4 Å². The fraction of sp³-hybridized carbons (Fsp3) is 0.158. The summed E-state index contributed by atoms with van der Waals surface area (Å²) in [5.74, 6) is 0.610. The van der Waals surface area contributed by atoms with Crippen LogP contribution in [0.3, 0.4) is 0 Å². The third kappa shape index (κ3) is 2.94. The Morgan fingerprint density at radius 1 is 1.24 bits per heavy atom. The Kier molecular flexibility index (Phi) is 4.06. The Morgan fingerprint density at radius 3 is 2.84 bits per heavy atom. The molecule has 0 aliphatic carbocycles. The molecule has 0 N–H and O–H groups in total. The van der Waals surface area contributed by atoms with Crippen LogP contribution in [0.1, 0.15) is 11.1 Å². The number of para-hydroxylation sites is 2. The smallest absolute Gasteiger partial charge is 0.336 e. The molecule has 0 fully saturated rings. The zero-order valence-corrected chi connectivity index (χ0v) is 15.3. The zero-order chi connectivity index (χ0) is 17.6. The molecule has 0 saturated carbocycles. The van der Waals surface area contributed by atoms with Gasteiger partial charge >= 0.3 is 5.63 Å². The van der Waals surface area contributed by atoms with Gasteiger partial charge in [0.1, 0.15) is 5.58 Å². The summed E-state index contributed by atoms with van der Waals surface area (Å²) in [4.78, 5) is 16.5. The number of aromatic nitrogens is 2. The molecular formula is C19H15ClN2O2S. The lowest BCUT2D eigenvalue weighted by molar-refractivity contribution is 0.559. The highest BCUT2D eigenvalue weighted by atomic mass is 35.5. The SMILES string of the molecule is Cc1cc2oc(=O)cc(CSc3nc4ccccc4n3C)c2cc1Cl. The summed E-state index contributed by atoms with van der Waals surface area (Å²) >= 11 is 7.84. The molecule has 0 saturated heterocycles. The molecule has 126 valence electrons. The maximum atomic E-state index is 11.9. The van der Waals surface area contributed by atoms with Crippen molar-refractivity contribution >= 4 is 45.4 Å². The number of hydrogen-bond donors (Lipinski definition) is 0. The molecule has 0 atom stereocenters. The first-order valence-corrected chi connectivity index (χ1v) is 9.16. The second kappa shape index (κ2) is 6.24. The van der Waals surface area contributed by atoms with Crippen molar-refractivity contribution in [2.24, 2.45) is 7.05 Å². The number of halogens is 1. The molecule has 4 nitrogen and oxygen atoms in total. The minimum absolute atomic E-state index is 0.352. The van der Waals surface area contributed by atoms with Crippen LogP contribution in [0, 0.1) is 6.92 Å². The van der Waals surface area contributed by atoms with Crippen molar-refractivity contribution < 1.29 is 4.42 Å². The summed E-state index contributed by atoms with van der Waals surface area (Å²) in [6.45, 7) is 1.89. The topological polar surface area (TPSA) is 48.0 Å². The number of hydrogen-bond acceptors (Lipinski definition) is 4. The minimum atomic E-state index is -0.352. The van der Waals surface area contributed by atoms with Gasteiger partial charge in [0.25, 0.3) is 0 Å². The Bertz CT molecular complexity index is 1160. The lowest BCUT2D eigenvalue weighted by Gasteiger charge is -2.07. The van der Waals surface area contributed by atoms with Gasteiger partial charge in [-0.1, -0.05) is 35.5 Å². The molecule has 0 bridgehead atoms. The normalized spacial score (nSPS) is 11.5. The summed E-state index contributed by atoms with van der Waals surface area (Å²) < 4.78 is 7.38. The molecule has 6 heteroatoms. The number of aryl methyl sites for hydroxylation is 2. The predicted molar refractivity (Wildman–Crippen MR) is 103 cm³/mol. The van der Waals surface area contributed by atoms with Gasteiger partial charge in [0.15, 0.2) is 5.16 Å². The van der Waals surface area contributed by atoms with Crippen LogP contribution in [-0.4, -0.2) is 9.55 Å². The third-order valence-corrected chi connectivity index (χ3v) is 5.70. The third-order valence-electron chi connectivity index (χ3n) is 4.21. The van der Waals surface area contributed by atoms with Gasteiger partial charge in [-0.3, -0.25) is 0 Å². The van der Waals surface area contributed by atoms with E-state index >= 15 is 0 Å². The van der Waals surface area contributed by atoms with E-state index in [0.717, 1.165) is 32.7 Å². The molecule has 2 aromatic heterocycles. The number of nitrogens with zero attached hydrogens (tertiary/aromatic N) is 2. The molecule has 2 heterocycles. The van der Waals surface area contributed by atoms with Gasteiger partial charge in [-0.15, -0.1) is 0 Å². The first-order valence-electron chi connectivity index (χ1n) is 7.80. The van der Waals surface area contributed by atoms with Crippen molar-refractivity contribution in [1.82, 2.24) is 9.55 Å². The van der Waals surface area contributed by atoms with E-state index in [2.05, 4.69) is 9.55 Å². The summed E-state index contributed by atoms with van der Waals surface area (Å²) in [6.07, 6.45) is 0. The van der Waals surface area contributed by atoms with Gasteiger partial charge < -0.3 is 8.98 Å². The highest BCUT2D eigenvalue weighted by Gasteiger charge is 2.12. The average Bonchev–Trinajstić information content (AvgIpc) is 2.91. The summed E-state index contributed by atoms with van der Waals surface area (Å²) in [5.41, 5.74) is 4.04. The molecule has 25 heavy (non-hydrogen) atoms. The summed E-state index contributed by atoms with van der Waals surface area (Å²) in [6, 6.07) is 13.2. The number of thioether (sulfide) groups is 1. The molecular weight excluding hydrogens is 356 g/mol. The minimum Gasteiger partial charge on any atom is -0.423 e. The summed E-state index contributed by atoms with van der Waals surface area (Å²) in [5, 5.41) is 2.43. The highest BCUT2D eigenvalue weighted by molar-refractivity contribution is 7.98. The summed E-state index contributed by atoms with van der Waals surface area (Å²) in [7, 11) is 2.00. The number of fused-ring (bicyclic) bond motifs is 2. The monoisotopic (exact) mass is 370 g/mol. The van der Waals surface area contributed by atoms with Crippen LogP contribution in [0.25, 0.3) is 22.0 Å². The maximum Gasteiger partial charge on any atom is 0.336 e. The first kappa shape index (κ1) is 16.2. The molecule has 0 aliphatic rings. The van der Waals surface area contributed by atoms with Crippen LogP contribution in [-0.2, 0) is 12.8 Å². The van der Waals surface area contributed by atoms with Crippen LogP contribution in [0.15, 0.2) is 56.8 Å². The Hall–Kier alpha value is -2.24. The van der Waals surface area contributed by atoms with E-state index in [1.165, 1.54) is 6.07 Å². The predicted octanol–water partition coefficient (Wildman–Crippen LogP) is 4.93. The van der Waals surface area contributed by atoms with E-state index < -0.39 is 0 Å². The van der Waals surface area contributed by atoms with E-state index in [9.17, 15) is 4.79 Å². The van der Waals surface area contributed by atoms with Crippen molar-refractivity contribution in [3.05, 3.63) is 69.0 Å². The van der Waals surface area contributed by atoms with Crippen LogP contribution in [0.5, 0.6) is 0 Å². The quantitative estimate of drug-likeness (QED) is 0.379. The lowest BCUT2D eigenvalue weighted by Crippen LogP contribution is -2.01. The molecule has 0 unspecified atom stereocenters. The van der Waals surface area contributed by atoms with Crippen LogP contribution in [0.2, 0.25) is 5.02 Å². The number of imidazole rings is 1. The molecule has 0 amide bonds. The van der Waals surface area contributed by atoms with Gasteiger partial charge in [-0.2, -0.15) is 0 Å². The number of rotatable bonds is 3. The lowest BCUT2D eigenvalue weighted by atomic mass is 10.1. The number of benzene rings is 2. The first-order chi connectivity index (χ1) is 12.0. The van der Waals surface area contributed by atoms with E-state index in [4.69, 9.17) is 16.0 Å². The Morgan fingerprint density at radius 2 is 2.04 bits per heavy atom. The molecule has 4 aromatic rings. The molecule has 0 spiro atoms. The van der Waals surface area contributed by atoms with Crippen molar-refractivity contribution in [2.75, 3.05) is 0 Å². The van der Waals surface area contributed by atoms with E-state index in [-0.39, 0.29) is 5.63 Å². The Balaban J connectivity index is 1.74. The fourth-order valence-electron chi connectivity index (χ4n) is 2.86. The highest BCUT2D eigenvalue weighted by Crippen LogP contribution is 2.30. The average molecular weight is 371 g/mol. The van der Waals surface area contributed by atoms with Gasteiger partial charge in [-0.25, -0.2) is 9.78 Å². The molecule has 4 rings (SSSR count). The van der Waals surface area contributed by atoms with Crippen molar-refractivity contribution in [3.63, 3.8) is 0 Å². The van der Waals surface area contributed by atoms with Gasteiger partial charge in [-0.05, 0) is 42.3 Å². The van der Waals surface area contributed by atoms with E-state index in [0.29, 0.717) is 16.4 Å². The second-order valence-electron chi connectivity index (χ2n) is 5.92. The van der Waals surface area contributed by atoms with Crippen LogP contribution in [0.4, 0.5) is 0 Å². The van der Waals surface area contributed by atoms with Crippen LogP contribution >= 0.6 is 23.4 Å². The van der Waals surface area contributed by atoms with Gasteiger partial charge in [0.2, 0.25) is 0 Å². The van der Waals surface area contributed by atoms with Crippen LogP contribution < -0.4 is 5.63 Å². The fourth-order valence-corrected chi connectivity index (χ4v) is 4.00. The van der Waals surface area contributed by atoms with E-state index in [1.54, 1.807) is 11.8 Å². The standard InChI is InChI=1S/C19H15ClN2O2S/c1-11-7-17-13(9-14(11)20)12(8-18(23)24-17)10-25-19-21-15-5-3-4-6-16(15)22(19)2/h3-9H,10H2,1-2H3. The molecule has 0 radical (unpaired) electrons.